The van der Waals surface area contributed by atoms with E-state index in [9.17, 15) is 0 Å². The molecule has 3 nitrogen and oxygen atoms in total. The average molecular weight is 758 g/mol. The van der Waals surface area contributed by atoms with Crippen molar-refractivity contribution in [2.75, 3.05) is 4.90 Å². The molecule has 0 aliphatic rings. The van der Waals surface area contributed by atoms with E-state index in [0.29, 0.717) is 5.56 Å². The highest BCUT2D eigenvalue weighted by Gasteiger charge is 2.19. The van der Waals surface area contributed by atoms with Crippen molar-refractivity contribution in [3.8, 4) is 27.9 Å². The van der Waals surface area contributed by atoms with Gasteiger partial charge in [-0.3, -0.25) is 0 Å². The Balaban J connectivity index is 1.02. The van der Waals surface area contributed by atoms with Gasteiger partial charge in [0.2, 0.25) is 0 Å². The van der Waals surface area contributed by atoms with Gasteiger partial charge in [0.15, 0.2) is 0 Å². The highest BCUT2D eigenvalue weighted by molar-refractivity contribution is 6.18. The van der Waals surface area contributed by atoms with Crippen LogP contribution in [0.15, 0.2) is 223 Å². The Labute approximate surface area is 348 Å². The van der Waals surface area contributed by atoms with Crippen molar-refractivity contribution >= 4 is 82.4 Å². The fraction of sp³-hybridized carbons (Fsp3) is 0. The standard InChI is InChI=1S/C56H36N2O/c1-3-12-37(13-4-1)38-24-28-44(29-25-38)57(52-20-11-18-49-47(52)31-32-50-48-17-8-10-21-55(48)59-56(49)50)45-30-26-39-22-23-40(34-42(39)35-45)41-27-33-54-51(36-41)46-16-7-9-19-53(46)58(54)43-14-5-2-6-15-43/h1-36H/i1D,3D,4D,12D,13D. The molecular formula is C56H36N2O. The van der Waals surface area contributed by atoms with Gasteiger partial charge >= 0.3 is 0 Å². The fourth-order valence-corrected chi connectivity index (χ4v) is 8.88. The molecule has 0 aliphatic carbocycles. The molecule has 0 aliphatic heterocycles. The van der Waals surface area contributed by atoms with Gasteiger partial charge in [0, 0.05) is 49.4 Å². The second kappa shape index (κ2) is 13.4. The summed E-state index contributed by atoms with van der Waals surface area (Å²) in [6.07, 6.45) is 0. The SMILES string of the molecule is [2H]c1c([2H])c([2H])c(-c2ccc(N(c3ccc4ccc(-c5ccc6c(c5)c5ccccc5n6-c5ccccc5)cc4c3)c3cccc4c3ccc3c5ccccc5oc43)cc2)c([2H])c1[2H]. The van der Waals surface area contributed by atoms with Gasteiger partial charge in [0.25, 0.3) is 0 Å². The Morgan fingerprint density at radius 1 is 0.407 bits per heavy atom. The summed E-state index contributed by atoms with van der Waals surface area (Å²) in [7, 11) is 0. The number of para-hydroxylation sites is 3. The van der Waals surface area contributed by atoms with Crippen LogP contribution in [0.1, 0.15) is 6.85 Å². The van der Waals surface area contributed by atoms with Crippen molar-refractivity contribution in [1.82, 2.24) is 4.57 Å². The first-order valence-corrected chi connectivity index (χ1v) is 19.8. The van der Waals surface area contributed by atoms with Crippen molar-refractivity contribution in [3.05, 3.63) is 218 Å². The lowest BCUT2D eigenvalue weighted by Crippen LogP contribution is -2.10. The van der Waals surface area contributed by atoms with Gasteiger partial charge in [0.1, 0.15) is 11.2 Å². The molecule has 276 valence electrons. The van der Waals surface area contributed by atoms with Crippen LogP contribution in [0, 0.1) is 0 Å². The van der Waals surface area contributed by atoms with Gasteiger partial charge in [0.05, 0.1) is 23.6 Å². The molecule has 0 radical (unpaired) electrons. The van der Waals surface area contributed by atoms with E-state index in [0.717, 1.165) is 82.9 Å². The van der Waals surface area contributed by atoms with Crippen molar-refractivity contribution < 1.29 is 11.3 Å². The second-order valence-corrected chi connectivity index (χ2v) is 15.0. The molecule has 0 bridgehead atoms. The Kier molecular flexibility index (Phi) is 6.46. The van der Waals surface area contributed by atoms with E-state index in [-0.39, 0.29) is 29.7 Å². The summed E-state index contributed by atoms with van der Waals surface area (Å²) in [5, 5.41) is 8.68. The number of fused-ring (bicyclic) bond motifs is 9. The van der Waals surface area contributed by atoms with Gasteiger partial charge in [-0.15, -0.1) is 0 Å². The first-order chi connectivity index (χ1) is 31.3. The van der Waals surface area contributed by atoms with E-state index in [2.05, 4.69) is 149 Å². The lowest BCUT2D eigenvalue weighted by Gasteiger charge is -2.27. The van der Waals surface area contributed by atoms with Crippen LogP contribution in [0.5, 0.6) is 0 Å². The Morgan fingerprint density at radius 2 is 1.07 bits per heavy atom. The fourth-order valence-electron chi connectivity index (χ4n) is 8.88. The zero-order valence-corrected chi connectivity index (χ0v) is 31.7. The summed E-state index contributed by atoms with van der Waals surface area (Å²) >= 11 is 0. The molecule has 0 atom stereocenters. The van der Waals surface area contributed by atoms with Crippen LogP contribution >= 0.6 is 0 Å². The van der Waals surface area contributed by atoms with Crippen LogP contribution in [-0.2, 0) is 0 Å². The molecule has 12 aromatic rings. The molecule has 2 heterocycles. The molecule has 3 heteroatoms. The molecule has 0 amide bonds. The first kappa shape index (κ1) is 28.5. The van der Waals surface area contributed by atoms with Gasteiger partial charge in [-0.05, 0) is 112 Å². The monoisotopic (exact) mass is 757 g/mol. The van der Waals surface area contributed by atoms with Gasteiger partial charge in [-0.1, -0.05) is 139 Å². The molecule has 0 spiro atoms. The van der Waals surface area contributed by atoms with E-state index in [1.165, 1.54) is 16.3 Å². The molecule has 0 fully saturated rings. The van der Waals surface area contributed by atoms with E-state index >= 15 is 0 Å². The molecule has 10 aromatic carbocycles. The highest BCUT2D eigenvalue weighted by atomic mass is 16.3. The smallest absolute Gasteiger partial charge is 0.143 e. The Bertz CT molecular complexity index is 3830. The first-order valence-electron chi connectivity index (χ1n) is 22.3. The van der Waals surface area contributed by atoms with Crippen molar-refractivity contribution in [1.29, 1.82) is 0 Å². The van der Waals surface area contributed by atoms with Gasteiger partial charge < -0.3 is 13.9 Å². The zero-order valence-electron chi connectivity index (χ0n) is 36.7. The summed E-state index contributed by atoms with van der Waals surface area (Å²) in [6.45, 7) is 0. The average Bonchev–Trinajstić information content (AvgIpc) is 3.89. The highest BCUT2D eigenvalue weighted by Crippen LogP contribution is 2.44. The molecule has 59 heavy (non-hydrogen) atoms. The molecule has 0 N–H and O–H groups in total. The van der Waals surface area contributed by atoms with Gasteiger partial charge in [-0.25, -0.2) is 0 Å². The lowest BCUT2D eigenvalue weighted by atomic mass is 9.98. The maximum absolute atomic E-state index is 8.65. The third-order valence-electron chi connectivity index (χ3n) is 11.6. The number of aromatic nitrogens is 1. The van der Waals surface area contributed by atoms with Crippen LogP contribution < -0.4 is 4.90 Å². The summed E-state index contributed by atoms with van der Waals surface area (Å²) in [4.78, 5) is 2.22. The topological polar surface area (TPSA) is 21.3 Å². The summed E-state index contributed by atoms with van der Waals surface area (Å²) in [6, 6.07) is 63.6. The van der Waals surface area contributed by atoms with Crippen LogP contribution in [0.3, 0.4) is 0 Å². The summed E-state index contributed by atoms with van der Waals surface area (Å²) in [5.41, 5.74) is 10.7. The Morgan fingerprint density at radius 3 is 1.95 bits per heavy atom. The number of benzene rings is 10. The number of rotatable bonds is 6. The molecule has 0 unspecified atom stereocenters. The maximum Gasteiger partial charge on any atom is 0.143 e. The van der Waals surface area contributed by atoms with Gasteiger partial charge in [-0.2, -0.15) is 0 Å². The van der Waals surface area contributed by atoms with E-state index in [1.54, 1.807) is 0 Å². The predicted octanol–water partition coefficient (Wildman–Crippen LogP) is 15.8. The van der Waals surface area contributed by atoms with E-state index in [1.807, 2.05) is 48.5 Å². The van der Waals surface area contributed by atoms with Crippen LogP contribution in [0.2, 0.25) is 0 Å². The molecule has 0 saturated heterocycles. The maximum atomic E-state index is 8.65. The molecule has 12 rings (SSSR count). The third kappa shape index (κ3) is 5.44. The van der Waals surface area contributed by atoms with Crippen molar-refractivity contribution in [2.45, 2.75) is 0 Å². The van der Waals surface area contributed by atoms with Crippen LogP contribution in [-0.4, -0.2) is 4.57 Å². The quantitative estimate of drug-likeness (QED) is 0.168. The minimum atomic E-state index is -0.410. The molecular weight excluding hydrogens is 717 g/mol. The molecule has 2 aromatic heterocycles. The second-order valence-electron chi connectivity index (χ2n) is 15.0. The van der Waals surface area contributed by atoms with E-state index in [4.69, 9.17) is 11.3 Å². The Hall–Kier alpha value is -7.88. The van der Waals surface area contributed by atoms with Crippen LogP contribution in [0.4, 0.5) is 17.1 Å². The number of hydrogen-bond acceptors (Lipinski definition) is 2. The van der Waals surface area contributed by atoms with E-state index < -0.39 is 6.04 Å². The minimum Gasteiger partial charge on any atom is -0.455 e. The number of hydrogen-bond donors (Lipinski definition) is 0. The normalized spacial score (nSPS) is 12.9. The number of anilines is 3. The minimum absolute atomic E-state index is 0.169. The lowest BCUT2D eigenvalue weighted by molar-refractivity contribution is 0.672. The van der Waals surface area contributed by atoms with Crippen LogP contribution in [0.25, 0.3) is 93.2 Å². The third-order valence-corrected chi connectivity index (χ3v) is 11.6. The molecule has 0 saturated carbocycles. The van der Waals surface area contributed by atoms with Crippen molar-refractivity contribution in [3.63, 3.8) is 0 Å². The number of furan rings is 1. The summed E-state index contributed by atoms with van der Waals surface area (Å²) in [5.74, 6) is 0. The van der Waals surface area contributed by atoms with Crippen molar-refractivity contribution in [2.24, 2.45) is 0 Å². The summed E-state index contributed by atoms with van der Waals surface area (Å²) < 4.78 is 50.9. The number of nitrogens with zero attached hydrogens (tertiary/aromatic N) is 2. The largest absolute Gasteiger partial charge is 0.455 e. The predicted molar refractivity (Wildman–Crippen MR) is 249 cm³/mol. The zero-order chi connectivity index (χ0) is 43.2.